The Morgan fingerprint density at radius 1 is 1.31 bits per heavy atom. The molecule has 1 aromatic rings. The Morgan fingerprint density at radius 2 is 1.85 bits per heavy atom. The van der Waals surface area contributed by atoms with Crippen LogP contribution in [-0.4, -0.2) is 6.04 Å². The Labute approximate surface area is 79.0 Å². The Kier molecular flexibility index (Phi) is 3.48. The molecule has 1 unspecified atom stereocenters. The first-order valence-electron chi connectivity index (χ1n) is 4.42. The van der Waals surface area contributed by atoms with Gasteiger partial charge in [0.25, 0.3) is 0 Å². The summed E-state index contributed by atoms with van der Waals surface area (Å²) >= 11 is 0. The van der Waals surface area contributed by atoms with E-state index in [0.29, 0.717) is 6.42 Å². The van der Waals surface area contributed by atoms with Gasteiger partial charge < -0.3 is 5.73 Å². The van der Waals surface area contributed by atoms with Crippen LogP contribution in [0.1, 0.15) is 18.1 Å². The molecule has 0 aliphatic carbocycles. The minimum atomic E-state index is 0.196. The predicted octanol–water partition coefficient (Wildman–Crippen LogP) is 1.64. The van der Waals surface area contributed by atoms with E-state index in [1.54, 1.807) is 0 Å². The van der Waals surface area contributed by atoms with Crippen molar-refractivity contribution < 1.29 is 0 Å². The summed E-state index contributed by atoms with van der Waals surface area (Å²) < 4.78 is 0. The maximum absolute atomic E-state index is 8.46. The van der Waals surface area contributed by atoms with Gasteiger partial charge in [0.2, 0.25) is 0 Å². The number of rotatable bonds is 3. The van der Waals surface area contributed by atoms with Gasteiger partial charge >= 0.3 is 0 Å². The molecular weight excluding hydrogens is 160 g/mol. The van der Waals surface area contributed by atoms with Crippen LogP contribution in [0, 0.1) is 11.3 Å². The number of nitriles is 1. The molecule has 0 aliphatic heterocycles. The van der Waals surface area contributed by atoms with Crippen LogP contribution in [0.5, 0.6) is 0 Å². The molecule has 0 spiro atoms. The Morgan fingerprint density at radius 3 is 2.31 bits per heavy atom. The molecule has 2 heteroatoms. The van der Waals surface area contributed by atoms with Crippen molar-refractivity contribution in [2.24, 2.45) is 5.73 Å². The highest BCUT2D eigenvalue weighted by molar-refractivity contribution is 5.24. The third-order valence-electron chi connectivity index (χ3n) is 1.86. The zero-order valence-corrected chi connectivity index (χ0v) is 7.83. The van der Waals surface area contributed by atoms with Crippen LogP contribution in [-0.2, 0) is 12.8 Å². The number of hydrogen-bond donors (Lipinski definition) is 1. The molecule has 2 nitrogen and oxygen atoms in total. The topological polar surface area (TPSA) is 49.8 Å². The van der Waals surface area contributed by atoms with Crippen LogP contribution < -0.4 is 5.73 Å². The summed E-state index contributed by atoms with van der Waals surface area (Å²) in [7, 11) is 0. The normalized spacial score (nSPS) is 12.1. The van der Waals surface area contributed by atoms with Gasteiger partial charge in [-0.3, -0.25) is 0 Å². The highest BCUT2D eigenvalue weighted by Gasteiger charge is 1.97. The molecule has 0 aromatic heterocycles. The quantitative estimate of drug-likeness (QED) is 0.757. The fourth-order valence-corrected chi connectivity index (χ4v) is 1.26. The molecule has 0 aliphatic rings. The summed E-state index contributed by atoms with van der Waals surface area (Å²) in [4.78, 5) is 0. The van der Waals surface area contributed by atoms with E-state index in [1.165, 1.54) is 5.56 Å². The van der Waals surface area contributed by atoms with E-state index in [2.05, 4.69) is 6.07 Å². The summed E-state index contributed by atoms with van der Waals surface area (Å²) in [5.74, 6) is 0. The summed E-state index contributed by atoms with van der Waals surface area (Å²) in [6.45, 7) is 1.99. The zero-order chi connectivity index (χ0) is 9.68. The van der Waals surface area contributed by atoms with Gasteiger partial charge in [-0.2, -0.15) is 5.26 Å². The summed E-state index contributed by atoms with van der Waals surface area (Å²) in [6.07, 6.45) is 1.38. The third kappa shape index (κ3) is 3.27. The van der Waals surface area contributed by atoms with Gasteiger partial charge in [0.15, 0.2) is 0 Å². The van der Waals surface area contributed by atoms with Crippen molar-refractivity contribution in [3.05, 3.63) is 35.4 Å². The van der Waals surface area contributed by atoms with Crippen molar-refractivity contribution in [1.82, 2.24) is 0 Å². The second-order valence-electron chi connectivity index (χ2n) is 3.33. The van der Waals surface area contributed by atoms with E-state index in [1.807, 2.05) is 31.2 Å². The van der Waals surface area contributed by atoms with Gasteiger partial charge in [0, 0.05) is 6.04 Å². The van der Waals surface area contributed by atoms with Crippen molar-refractivity contribution in [2.45, 2.75) is 25.8 Å². The van der Waals surface area contributed by atoms with Gasteiger partial charge in [-0.15, -0.1) is 0 Å². The van der Waals surface area contributed by atoms with E-state index in [-0.39, 0.29) is 6.04 Å². The lowest BCUT2D eigenvalue weighted by Gasteiger charge is -2.04. The molecule has 0 fully saturated rings. The maximum Gasteiger partial charge on any atom is 0.0669 e. The average molecular weight is 174 g/mol. The van der Waals surface area contributed by atoms with Gasteiger partial charge in [0.05, 0.1) is 12.5 Å². The number of hydrogen-bond acceptors (Lipinski definition) is 2. The lowest BCUT2D eigenvalue weighted by atomic mass is 10.0. The predicted molar refractivity (Wildman–Crippen MR) is 53.1 cm³/mol. The first kappa shape index (κ1) is 9.76. The van der Waals surface area contributed by atoms with Crippen molar-refractivity contribution >= 4 is 0 Å². The van der Waals surface area contributed by atoms with E-state index >= 15 is 0 Å². The van der Waals surface area contributed by atoms with Gasteiger partial charge in [0.1, 0.15) is 0 Å². The molecule has 1 atom stereocenters. The average Bonchev–Trinajstić information content (AvgIpc) is 2.08. The van der Waals surface area contributed by atoms with Gasteiger partial charge in [-0.05, 0) is 24.5 Å². The molecule has 0 radical (unpaired) electrons. The summed E-state index contributed by atoms with van der Waals surface area (Å²) in [5, 5.41) is 8.46. The van der Waals surface area contributed by atoms with Gasteiger partial charge in [-0.1, -0.05) is 24.3 Å². The second kappa shape index (κ2) is 4.64. The van der Waals surface area contributed by atoms with Crippen LogP contribution in [0.15, 0.2) is 24.3 Å². The molecule has 0 heterocycles. The highest BCUT2D eigenvalue weighted by atomic mass is 14.6. The SMILES string of the molecule is CC(N)Cc1ccc(CC#N)cc1. The third-order valence-corrected chi connectivity index (χ3v) is 1.86. The largest absolute Gasteiger partial charge is 0.328 e. The Balaban J connectivity index is 2.65. The first-order chi connectivity index (χ1) is 6.22. The molecule has 0 amide bonds. The maximum atomic E-state index is 8.46. The lowest BCUT2D eigenvalue weighted by Crippen LogP contribution is -2.17. The zero-order valence-electron chi connectivity index (χ0n) is 7.83. The van der Waals surface area contributed by atoms with Crippen LogP contribution in [0.25, 0.3) is 0 Å². The van der Waals surface area contributed by atoms with Crippen molar-refractivity contribution in [3.8, 4) is 6.07 Å². The highest BCUT2D eigenvalue weighted by Crippen LogP contribution is 2.06. The van der Waals surface area contributed by atoms with Gasteiger partial charge in [-0.25, -0.2) is 0 Å². The minimum absolute atomic E-state index is 0.196. The standard InChI is InChI=1S/C11H14N2/c1-9(13)8-11-4-2-10(3-5-11)6-7-12/h2-5,9H,6,8,13H2,1H3. The molecule has 2 N–H and O–H groups in total. The van der Waals surface area contributed by atoms with E-state index in [9.17, 15) is 0 Å². The smallest absolute Gasteiger partial charge is 0.0669 e. The second-order valence-corrected chi connectivity index (χ2v) is 3.33. The van der Waals surface area contributed by atoms with E-state index < -0.39 is 0 Å². The summed E-state index contributed by atoms with van der Waals surface area (Å²) in [5.41, 5.74) is 7.97. The molecule has 0 saturated heterocycles. The lowest BCUT2D eigenvalue weighted by molar-refractivity contribution is 0.738. The van der Waals surface area contributed by atoms with Crippen LogP contribution in [0.4, 0.5) is 0 Å². The van der Waals surface area contributed by atoms with Crippen molar-refractivity contribution in [2.75, 3.05) is 0 Å². The van der Waals surface area contributed by atoms with Crippen LogP contribution in [0.3, 0.4) is 0 Å². The molecular formula is C11H14N2. The monoisotopic (exact) mass is 174 g/mol. The van der Waals surface area contributed by atoms with Crippen LogP contribution in [0.2, 0.25) is 0 Å². The molecule has 0 saturated carbocycles. The Hall–Kier alpha value is -1.33. The first-order valence-corrected chi connectivity index (χ1v) is 4.42. The number of benzene rings is 1. The van der Waals surface area contributed by atoms with E-state index in [0.717, 1.165) is 12.0 Å². The minimum Gasteiger partial charge on any atom is -0.328 e. The Bertz CT molecular complexity index is 293. The molecule has 1 rings (SSSR count). The fraction of sp³-hybridized carbons (Fsp3) is 0.364. The van der Waals surface area contributed by atoms with Crippen molar-refractivity contribution in [1.29, 1.82) is 5.26 Å². The van der Waals surface area contributed by atoms with Crippen LogP contribution >= 0.6 is 0 Å². The fourth-order valence-electron chi connectivity index (χ4n) is 1.26. The number of nitrogens with zero attached hydrogens (tertiary/aromatic N) is 1. The van der Waals surface area contributed by atoms with E-state index in [4.69, 9.17) is 11.0 Å². The molecule has 13 heavy (non-hydrogen) atoms. The van der Waals surface area contributed by atoms with Crippen molar-refractivity contribution in [3.63, 3.8) is 0 Å². The summed E-state index contributed by atoms with van der Waals surface area (Å²) in [6, 6.07) is 10.4. The molecule has 1 aromatic carbocycles. The molecule has 68 valence electrons. The number of nitrogens with two attached hydrogens (primary N) is 1. The molecule has 0 bridgehead atoms.